The summed E-state index contributed by atoms with van der Waals surface area (Å²) < 4.78 is 6.55. The molecule has 35 heavy (non-hydrogen) atoms. The molecule has 0 radical (unpaired) electrons. The van der Waals surface area contributed by atoms with Gasteiger partial charge in [-0.25, -0.2) is 0 Å². The predicted octanol–water partition coefficient (Wildman–Crippen LogP) is 6.44. The lowest BCUT2D eigenvalue weighted by Gasteiger charge is -2.24. The third-order valence-electron chi connectivity index (χ3n) is 6.65. The van der Waals surface area contributed by atoms with Gasteiger partial charge in [-0.2, -0.15) is 0 Å². The minimum Gasteiger partial charge on any atom is -0.492 e. The molecule has 3 heterocycles. The number of aromatic nitrogens is 2. The van der Waals surface area contributed by atoms with Gasteiger partial charge in [0.15, 0.2) is 0 Å². The average Bonchev–Trinajstić information content (AvgIpc) is 2.83. The SMILES string of the molecule is Cc1cc(C)cc(-c2cnc3cc(Cl)c(-c4cc[nH]c(=O)c4)cc3c2OCCC2CCCCN2)c1. The van der Waals surface area contributed by atoms with Gasteiger partial charge < -0.3 is 15.0 Å². The second-order valence-corrected chi connectivity index (χ2v) is 9.86. The van der Waals surface area contributed by atoms with Crippen LogP contribution in [0.1, 0.15) is 36.8 Å². The lowest BCUT2D eigenvalue weighted by atomic mass is 9.97. The Labute approximate surface area is 210 Å². The molecule has 0 spiro atoms. The molecule has 5 nitrogen and oxygen atoms in total. The van der Waals surface area contributed by atoms with E-state index in [-0.39, 0.29) is 5.56 Å². The number of aryl methyl sites for hydroxylation is 2. The van der Waals surface area contributed by atoms with E-state index in [1.54, 1.807) is 12.3 Å². The van der Waals surface area contributed by atoms with Crippen LogP contribution in [0.25, 0.3) is 33.2 Å². The number of halogens is 1. The lowest BCUT2D eigenvalue weighted by molar-refractivity contribution is 0.271. The van der Waals surface area contributed by atoms with Crippen LogP contribution in [0.5, 0.6) is 5.75 Å². The summed E-state index contributed by atoms with van der Waals surface area (Å²) in [6, 6.07) is 14.3. The van der Waals surface area contributed by atoms with E-state index >= 15 is 0 Å². The number of piperidine rings is 1. The molecule has 0 bridgehead atoms. The molecule has 0 aliphatic carbocycles. The number of aromatic amines is 1. The average molecular weight is 488 g/mol. The Balaban J connectivity index is 1.62. The Morgan fingerprint density at radius 3 is 2.60 bits per heavy atom. The van der Waals surface area contributed by atoms with Crippen LogP contribution in [-0.4, -0.2) is 29.2 Å². The van der Waals surface area contributed by atoms with Crippen molar-refractivity contribution in [3.8, 4) is 28.0 Å². The Morgan fingerprint density at radius 1 is 1.03 bits per heavy atom. The third kappa shape index (κ3) is 5.26. The van der Waals surface area contributed by atoms with Crippen LogP contribution >= 0.6 is 11.6 Å². The molecule has 5 rings (SSSR count). The molecule has 1 aliphatic heterocycles. The molecule has 1 unspecified atom stereocenters. The van der Waals surface area contributed by atoms with E-state index < -0.39 is 0 Å². The number of nitrogens with one attached hydrogen (secondary N) is 2. The van der Waals surface area contributed by atoms with Crippen LogP contribution in [0.4, 0.5) is 0 Å². The van der Waals surface area contributed by atoms with Gasteiger partial charge in [0.25, 0.3) is 0 Å². The number of benzene rings is 2. The van der Waals surface area contributed by atoms with Crippen molar-refractivity contribution in [1.82, 2.24) is 15.3 Å². The highest BCUT2D eigenvalue weighted by Crippen LogP contribution is 2.40. The van der Waals surface area contributed by atoms with Crippen molar-refractivity contribution >= 4 is 22.5 Å². The topological polar surface area (TPSA) is 67.0 Å². The molecule has 2 aromatic carbocycles. The van der Waals surface area contributed by atoms with Gasteiger partial charge in [-0.3, -0.25) is 9.78 Å². The molecule has 2 aromatic heterocycles. The van der Waals surface area contributed by atoms with E-state index in [0.717, 1.165) is 51.9 Å². The van der Waals surface area contributed by atoms with Gasteiger partial charge in [0.05, 0.1) is 17.1 Å². The quantitative estimate of drug-likeness (QED) is 0.328. The predicted molar refractivity (Wildman–Crippen MR) is 143 cm³/mol. The minimum absolute atomic E-state index is 0.169. The van der Waals surface area contributed by atoms with Crippen LogP contribution in [0.2, 0.25) is 5.02 Å². The molecular formula is C29H30ClN3O2. The van der Waals surface area contributed by atoms with Crippen molar-refractivity contribution < 1.29 is 4.74 Å². The van der Waals surface area contributed by atoms with Crippen LogP contribution in [0.15, 0.2) is 59.7 Å². The molecule has 1 aliphatic rings. The largest absolute Gasteiger partial charge is 0.492 e. The Hall–Kier alpha value is -3.15. The number of fused-ring (bicyclic) bond motifs is 1. The zero-order valence-electron chi connectivity index (χ0n) is 20.2. The van der Waals surface area contributed by atoms with E-state index in [2.05, 4.69) is 42.3 Å². The zero-order valence-corrected chi connectivity index (χ0v) is 20.9. The summed E-state index contributed by atoms with van der Waals surface area (Å²) in [6.07, 6.45) is 8.17. The first-order valence-electron chi connectivity index (χ1n) is 12.2. The smallest absolute Gasteiger partial charge is 0.248 e. The van der Waals surface area contributed by atoms with Gasteiger partial charge in [0, 0.05) is 41.0 Å². The highest BCUT2D eigenvalue weighted by molar-refractivity contribution is 6.34. The standard InChI is InChI=1S/C29H30ClN3O2/c1-18-11-19(2)13-21(12-18)25-17-33-27-16-26(30)23(20-6-9-32-28(34)14-20)15-24(27)29(25)35-10-7-22-5-3-4-8-31-22/h6,9,11-17,22,31H,3-5,7-8,10H2,1-2H3,(H,32,34). The summed E-state index contributed by atoms with van der Waals surface area (Å²) in [5.41, 5.74) is 6.56. The van der Waals surface area contributed by atoms with E-state index in [4.69, 9.17) is 21.3 Å². The summed E-state index contributed by atoms with van der Waals surface area (Å²) in [7, 11) is 0. The summed E-state index contributed by atoms with van der Waals surface area (Å²) in [4.78, 5) is 19.4. The van der Waals surface area contributed by atoms with Crippen LogP contribution in [-0.2, 0) is 0 Å². The number of nitrogens with zero attached hydrogens (tertiary/aromatic N) is 1. The first kappa shape index (κ1) is 23.6. The number of hydrogen-bond acceptors (Lipinski definition) is 4. The molecule has 0 amide bonds. The van der Waals surface area contributed by atoms with Crippen molar-refractivity contribution in [3.63, 3.8) is 0 Å². The summed E-state index contributed by atoms with van der Waals surface area (Å²) >= 11 is 6.65. The summed E-state index contributed by atoms with van der Waals surface area (Å²) in [5, 5.41) is 5.04. The molecule has 4 aromatic rings. The van der Waals surface area contributed by atoms with Crippen molar-refractivity contribution in [3.05, 3.63) is 81.4 Å². The normalized spacial score (nSPS) is 15.9. The Bertz CT molecular complexity index is 1400. The van der Waals surface area contributed by atoms with Crippen LogP contribution in [0.3, 0.4) is 0 Å². The first-order chi connectivity index (χ1) is 17.0. The van der Waals surface area contributed by atoms with E-state index in [1.807, 2.05) is 24.4 Å². The first-order valence-corrected chi connectivity index (χ1v) is 12.6. The number of pyridine rings is 2. The molecule has 180 valence electrons. The third-order valence-corrected chi connectivity index (χ3v) is 6.96. The van der Waals surface area contributed by atoms with Crippen molar-refractivity contribution in [1.29, 1.82) is 0 Å². The van der Waals surface area contributed by atoms with Gasteiger partial charge >= 0.3 is 0 Å². The van der Waals surface area contributed by atoms with Gasteiger partial charge in [-0.05, 0) is 69.0 Å². The van der Waals surface area contributed by atoms with Gasteiger partial charge in [-0.1, -0.05) is 47.3 Å². The number of ether oxygens (including phenoxy) is 1. The molecule has 1 fully saturated rings. The van der Waals surface area contributed by atoms with Crippen molar-refractivity contribution in [2.75, 3.05) is 13.2 Å². The summed E-state index contributed by atoms with van der Waals surface area (Å²) in [6.45, 7) is 5.89. The molecule has 1 atom stereocenters. The monoisotopic (exact) mass is 487 g/mol. The van der Waals surface area contributed by atoms with Gasteiger partial charge in [0.1, 0.15) is 5.75 Å². The number of hydrogen-bond donors (Lipinski definition) is 2. The van der Waals surface area contributed by atoms with E-state index in [0.29, 0.717) is 17.7 Å². The van der Waals surface area contributed by atoms with E-state index in [1.165, 1.54) is 30.4 Å². The fraction of sp³-hybridized carbons (Fsp3) is 0.310. The van der Waals surface area contributed by atoms with Crippen molar-refractivity contribution in [2.24, 2.45) is 0 Å². The maximum atomic E-state index is 12.0. The maximum Gasteiger partial charge on any atom is 0.248 e. The Kier molecular flexibility index (Phi) is 6.89. The van der Waals surface area contributed by atoms with Crippen LogP contribution < -0.4 is 15.6 Å². The fourth-order valence-electron chi connectivity index (χ4n) is 4.99. The second-order valence-electron chi connectivity index (χ2n) is 9.45. The zero-order chi connectivity index (χ0) is 24.4. The fourth-order valence-corrected chi connectivity index (χ4v) is 5.25. The Morgan fingerprint density at radius 2 is 1.86 bits per heavy atom. The van der Waals surface area contributed by atoms with Crippen molar-refractivity contribution in [2.45, 2.75) is 45.6 Å². The molecule has 6 heteroatoms. The number of rotatable bonds is 6. The lowest BCUT2D eigenvalue weighted by Crippen LogP contribution is -2.35. The molecule has 1 saturated heterocycles. The maximum absolute atomic E-state index is 12.0. The molecule has 2 N–H and O–H groups in total. The van der Waals surface area contributed by atoms with E-state index in [9.17, 15) is 4.79 Å². The van der Waals surface area contributed by atoms with Crippen LogP contribution in [0, 0.1) is 13.8 Å². The highest BCUT2D eigenvalue weighted by atomic mass is 35.5. The summed E-state index contributed by atoms with van der Waals surface area (Å²) in [5.74, 6) is 0.804. The number of H-pyrrole nitrogens is 1. The molecule has 0 saturated carbocycles. The minimum atomic E-state index is -0.169. The van der Waals surface area contributed by atoms with Gasteiger partial charge in [0.2, 0.25) is 5.56 Å². The highest BCUT2D eigenvalue weighted by Gasteiger charge is 2.18. The van der Waals surface area contributed by atoms with Gasteiger partial charge in [-0.15, -0.1) is 0 Å². The molecular weight excluding hydrogens is 458 g/mol. The second kappa shape index (κ2) is 10.2.